The van der Waals surface area contributed by atoms with E-state index in [1.165, 1.54) is 4.80 Å². The van der Waals surface area contributed by atoms with Crippen molar-refractivity contribution in [2.75, 3.05) is 6.54 Å². The van der Waals surface area contributed by atoms with E-state index in [-0.39, 0.29) is 11.9 Å². The number of fused-ring (bicyclic) bond motifs is 1. The second kappa shape index (κ2) is 9.62. The highest BCUT2D eigenvalue weighted by Gasteiger charge is 2.33. The van der Waals surface area contributed by atoms with Crippen LogP contribution in [0.15, 0.2) is 59.5 Å². The maximum absolute atomic E-state index is 13.9. The average Bonchev–Trinajstić information content (AvgIpc) is 3.37. The Morgan fingerprint density at radius 2 is 1.97 bits per heavy atom. The minimum Gasteiger partial charge on any atom is -0.335 e. The van der Waals surface area contributed by atoms with Crippen LogP contribution in [0.2, 0.25) is 0 Å². The largest absolute Gasteiger partial charge is 0.335 e. The number of hydrogen-bond acceptors (Lipinski definition) is 5. The van der Waals surface area contributed by atoms with E-state index in [0.29, 0.717) is 17.2 Å². The van der Waals surface area contributed by atoms with E-state index in [0.717, 1.165) is 59.0 Å². The van der Waals surface area contributed by atoms with Crippen molar-refractivity contribution in [3.63, 3.8) is 0 Å². The molecule has 2 atom stereocenters. The topological polar surface area (TPSA) is 76.8 Å². The van der Waals surface area contributed by atoms with Crippen molar-refractivity contribution in [2.24, 2.45) is 5.92 Å². The number of hydrogen-bond donors (Lipinski definition) is 0. The molecule has 0 N–H and O–H groups in total. The first-order valence-corrected chi connectivity index (χ1v) is 12.5. The summed E-state index contributed by atoms with van der Waals surface area (Å²) in [5.41, 5.74) is 3.33. The first kappa shape index (κ1) is 22.7. The van der Waals surface area contributed by atoms with Crippen LogP contribution < -0.4 is 0 Å². The predicted molar refractivity (Wildman–Crippen MR) is 135 cm³/mol. The minimum absolute atomic E-state index is 0.0387. The molecule has 8 heteroatoms. The Labute approximate surface area is 207 Å². The summed E-state index contributed by atoms with van der Waals surface area (Å²) in [5, 5.41) is 9.53. The molecular formula is C26H27BrN6O. The molecule has 2 aromatic heterocycles. The van der Waals surface area contributed by atoms with Gasteiger partial charge in [-0.2, -0.15) is 15.0 Å². The number of aromatic nitrogens is 5. The number of amides is 1. The van der Waals surface area contributed by atoms with Gasteiger partial charge in [-0.3, -0.25) is 4.79 Å². The maximum Gasteiger partial charge on any atom is 0.256 e. The number of nitrogens with zero attached hydrogens (tertiary/aromatic N) is 6. The van der Waals surface area contributed by atoms with Gasteiger partial charge >= 0.3 is 0 Å². The number of carbonyl (C=O) groups is 1. The van der Waals surface area contributed by atoms with E-state index in [4.69, 9.17) is 4.98 Å². The molecule has 7 nitrogen and oxygen atoms in total. The summed E-state index contributed by atoms with van der Waals surface area (Å²) in [6.07, 6.45) is 8.81. The van der Waals surface area contributed by atoms with Gasteiger partial charge in [-0.25, -0.2) is 9.97 Å². The molecule has 0 unspecified atom stereocenters. The van der Waals surface area contributed by atoms with Crippen LogP contribution >= 0.6 is 15.9 Å². The van der Waals surface area contributed by atoms with Gasteiger partial charge < -0.3 is 4.90 Å². The van der Waals surface area contributed by atoms with Gasteiger partial charge in [-0.1, -0.05) is 34.5 Å². The fourth-order valence-corrected chi connectivity index (χ4v) is 5.25. The number of carbonyl (C=O) groups excluding carboxylic acids is 1. The fourth-order valence-electron chi connectivity index (χ4n) is 4.87. The van der Waals surface area contributed by atoms with E-state index >= 15 is 0 Å². The van der Waals surface area contributed by atoms with E-state index in [1.54, 1.807) is 12.4 Å². The number of rotatable bonds is 5. The molecule has 1 amide bonds. The van der Waals surface area contributed by atoms with Crippen LogP contribution in [0.4, 0.5) is 0 Å². The van der Waals surface area contributed by atoms with Crippen LogP contribution in [0.5, 0.6) is 0 Å². The lowest BCUT2D eigenvalue weighted by Crippen LogP contribution is -2.48. The third-order valence-electron chi connectivity index (χ3n) is 6.65. The first-order chi connectivity index (χ1) is 16.5. The highest BCUT2D eigenvalue weighted by atomic mass is 79.9. The smallest absolute Gasteiger partial charge is 0.256 e. The Kier molecular flexibility index (Phi) is 6.41. The van der Waals surface area contributed by atoms with Crippen LogP contribution in [0, 0.1) is 12.8 Å². The number of halogens is 1. The Bertz CT molecular complexity index is 1320. The van der Waals surface area contributed by atoms with E-state index in [9.17, 15) is 4.79 Å². The zero-order valence-electron chi connectivity index (χ0n) is 19.4. The minimum atomic E-state index is 0.0387. The third kappa shape index (κ3) is 4.59. The summed E-state index contributed by atoms with van der Waals surface area (Å²) < 4.78 is 1.02. The van der Waals surface area contributed by atoms with Crippen LogP contribution in [0.3, 0.4) is 0 Å². The van der Waals surface area contributed by atoms with Gasteiger partial charge in [0, 0.05) is 35.1 Å². The summed E-state index contributed by atoms with van der Waals surface area (Å²) >= 11 is 3.50. The van der Waals surface area contributed by atoms with Crippen molar-refractivity contribution in [3.8, 4) is 5.69 Å². The zero-order valence-corrected chi connectivity index (χ0v) is 20.9. The molecule has 2 aromatic carbocycles. The molecule has 5 rings (SSSR count). The molecule has 1 aliphatic rings. The number of likely N-dealkylation sites (tertiary alicyclic amines) is 1. The SMILES string of the molecule is Cc1ccc(-n2nccn2)c(C(=O)N2CCC[C@@H](C)[C@H]2CCc2ncc3cc(Br)ccc3n2)c1. The molecule has 174 valence electrons. The highest BCUT2D eigenvalue weighted by molar-refractivity contribution is 9.10. The van der Waals surface area contributed by atoms with E-state index in [2.05, 4.69) is 38.0 Å². The van der Waals surface area contributed by atoms with Gasteiger partial charge in [0.15, 0.2) is 0 Å². The molecular weight excluding hydrogens is 492 g/mol. The van der Waals surface area contributed by atoms with Crippen LogP contribution in [0.25, 0.3) is 16.6 Å². The van der Waals surface area contributed by atoms with Gasteiger partial charge in [0.25, 0.3) is 5.91 Å². The zero-order chi connectivity index (χ0) is 23.7. The first-order valence-electron chi connectivity index (χ1n) is 11.7. The second-order valence-corrected chi connectivity index (χ2v) is 9.97. The van der Waals surface area contributed by atoms with Crippen molar-refractivity contribution in [3.05, 3.63) is 76.4 Å². The molecule has 0 bridgehead atoms. The van der Waals surface area contributed by atoms with Crippen molar-refractivity contribution < 1.29 is 4.79 Å². The van der Waals surface area contributed by atoms with Crippen LogP contribution in [0.1, 0.15) is 47.9 Å². The van der Waals surface area contributed by atoms with E-state index in [1.807, 2.05) is 54.4 Å². The Morgan fingerprint density at radius 3 is 2.79 bits per heavy atom. The monoisotopic (exact) mass is 518 g/mol. The van der Waals surface area contributed by atoms with Crippen molar-refractivity contribution in [1.82, 2.24) is 29.9 Å². The van der Waals surface area contributed by atoms with Crippen molar-refractivity contribution in [2.45, 2.75) is 45.6 Å². The van der Waals surface area contributed by atoms with Crippen molar-refractivity contribution >= 4 is 32.7 Å². The summed E-state index contributed by atoms with van der Waals surface area (Å²) in [5.74, 6) is 1.26. The summed E-state index contributed by atoms with van der Waals surface area (Å²) in [4.78, 5) is 26.8. The summed E-state index contributed by atoms with van der Waals surface area (Å²) in [6.45, 7) is 5.00. The Morgan fingerprint density at radius 1 is 1.15 bits per heavy atom. The van der Waals surface area contributed by atoms with Crippen LogP contribution in [-0.4, -0.2) is 48.4 Å². The van der Waals surface area contributed by atoms with Gasteiger partial charge in [0.1, 0.15) is 5.82 Å². The molecule has 0 radical (unpaired) electrons. The predicted octanol–water partition coefficient (Wildman–Crippen LogP) is 5.15. The molecule has 1 saturated heterocycles. The standard InChI is InChI=1S/C26H27BrN6O/c1-17-5-8-24(33-29-11-12-30-33)21(14-17)26(34)32-13-3-4-18(2)23(32)9-10-25-28-16-19-15-20(27)6-7-22(19)31-25/h5-8,11-12,14-16,18,23H,3-4,9-10,13H2,1-2H3/t18-,23-/m1/s1. The second-order valence-electron chi connectivity index (χ2n) is 9.05. The molecule has 3 heterocycles. The molecule has 4 aromatic rings. The average molecular weight is 519 g/mol. The molecule has 1 aliphatic heterocycles. The lowest BCUT2D eigenvalue weighted by atomic mass is 9.87. The van der Waals surface area contributed by atoms with Crippen molar-refractivity contribution in [1.29, 1.82) is 0 Å². The number of benzene rings is 2. The molecule has 0 spiro atoms. The lowest BCUT2D eigenvalue weighted by molar-refractivity contribution is 0.0498. The Hall–Kier alpha value is -3.13. The fraction of sp³-hybridized carbons (Fsp3) is 0.346. The number of piperidine rings is 1. The highest BCUT2D eigenvalue weighted by Crippen LogP contribution is 2.30. The van der Waals surface area contributed by atoms with Gasteiger partial charge in [-0.15, -0.1) is 0 Å². The third-order valence-corrected chi connectivity index (χ3v) is 7.14. The normalized spacial score (nSPS) is 18.4. The van der Waals surface area contributed by atoms with Crippen LogP contribution in [-0.2, 0) is 6.42 Å². The Balaban J connectivity index is 1.40. The summed E-state index contributed by atoms with van der Waals surface area (Å²) in [7, 11) is 0. The summed E-state index contributed by atoms with van der Waals surface area (Å²) in [6, 6.07) is 12.0. The quantitative estimate of drug-likeness (QED) is 0.364. The van der Waals surface area contributed by atoms with E-state index < -0.39 is 0 Å². The molecule has 0 saturated carbocycles. The maximum atomic E-state index is 13.9. The van der Waals surface area contributed by atoms with Gasteiger partial charge in [-0.05, 0) is 62.4 Å². The van der Waals surface area contributed by atoms with Gasteiger partial charge in [0.05, 0.1) is 29.2 Å². The lowest BCUT2D eigenvalue weighted by Gasteiger charge is -2.40. The molecule has 0 aliphatic carbocycles. The molecule has 1 fully saturated rings. The molecule has 34 heavy (non-hydrogen) atoms. The number of aryl methyl sites for hydroxylation is 2. The van der Waals surface area contributed by atoms with Gasteiger partial charge in [0.2, 0.25) is 0 Å².